The molecular formula is C21H32N4O6S. The quantitative estimate of drug-likeness (QED) is 0.183. The highest BCUT2D eigenvalue weighted by Gasteiger charge is 2.30. The number of carbonyl (C=O) groups is 4. The summed E-state index contributed by atoms with van der Waals surface area (Å²) in [5.74, 6) is -3.50. The molecule has 1 rings (SSSR count). The molecule has 11 heteroatoms. The zero-order chi connectivity index (χ0) is 24.3. The summed E-state index contributed by atoms with van der Waals surface area (Å²) in [5.41, 5.74) is 6.75. The summed E-state index contributed by atoms with van der Waals surface area (Å²) in [5, 5.41) is 25.9. The highest BCUT2D eigenvalue weighted by atomic mass is 32.1. The van der Waals surface area contributed by atoms with Crippen molar-refractivity contribution >= 4 is 36.3 Å². The standard InChI is InChI=1S/C21H32N4O6S/c1-12(2)8-15(19(28)25-17(11-32)21(30)31)23-20(29)16(10-26)24-18(27)14(22)9-13-6-4-3-5-7-13/h3-7,12,14-17,26,32H,8-11,22H2,1-2H3,(H,23,29)(H,24,27)(H,25,28)(H,30,31). The Morgan fingerprint density at radius 1 is 0.938 bits per heavy atom. The fourth-order valence-electron chi connectivity index (χ4n) is 2.87. The van der Waals surface area contributed by atoms with Gasteiger partial charge in [0.2, 0.25) is 17.7 Å². The van der Waals surface area contributed by atoms with Crippen LogP contribution in [0.1, 0.15) is 25.8 Å². The monoisotopic (exact) mass is 468 g/mol. The topological polar surface area (TPSA) is 171 Å². The third kappa shape index (κ3) is 9.25. The molecule has 1 aromatic carbocycles. The summed E-state index contributed by atoms with van der Waals surface area (Å²) in [4.78, 5) is 48.7. The van der Waals surface area contributed by atoms with E-state index in [9.17, 15) is 24.3 Å². The van der Waals surface area contributed by atoms with Gasteiger partial charge in [-0.1, -0.05) is 44.2 Å². The molecule has 3 amide bonds. The molecule has 0 fully saturated rings. The molecule has 0 aliphatic carbocycles. The molecule has 7 N–H and O–H groups in total. The molecule has 4 atom stereocenters. The molecule has 0 heterocycles. The van der Waals surface area contributed by atoms with Crippen molar-refractivity contribution in [3.05, 3.63) is 35.9 Å². The number of carboxylic acid groups (broad SMARTS) is 1. The molecule has 0 radical (unpaired) electrons. The van der Waals surface area contributed by atoms with Gasteiger partial charge in [0.15, 0.2) is 0 Å². The van der Waals surface area contributed by atoms with E-state index in [4.69, 9.17) is 10.8 Å². The summed E-state index contributed by atoms with van der Waals surface area (Å²) >= 11 is 3.90. The Morgan fingerprint density at radius 3 is 1.97 bits per heavy atom. The molecular weight excluding hydrogens is 436 g/mol. The first-order chi connectivity index (χ1) is 15.1. The van der Waals surface area contributed by atoms with Crippen molar-refractivity contribution in [2.45, 2.75) is 50.9 Å². The molecule has 1 aromatic rings. The third-order valence-corrected chi connectivity index (χ3v) is 4.95. The fraction of sp³-hybridized carbons (Fsp3) is 0.524. The van der Waals surface area contributed by atoms with Crippen molar-refractivity contribution in [2.24, 2.45) is 11.7 Å². The van der Waals surface area contributed by atoms with Gasteiger partial charge in [0.25, 0.3) is 0 Å². The van der Waals surface area contributed by atoms with E-state index in [0.29, 0.717) is 0 Å². The van der Waals surface area contributed by atoms with Crippen LogP contribution in [0.5, 0.6) is 0 Å². The highest BCUT2D eigenvalue weighted by molar-refractivity contribution is 7.80. The van der Waals surface area contributed by atoms with Crippen LogP contribution in [-0.2, 0) is 25.6 Å². The van der Waals surface area contributed by atoms with Crippen LogP contribution in [0.2, 0.25) is 0 Å². The summed E-state index contributed by atoms with van der Waals surface area (Å²) in [6.07, 6.45) is 0.460. The Bertz CT molecular complexity index is 777. The van der Waals surface area contributed by atoms with Crippen molar-refractivity contribution in [1.82, 2.24) is 16.0 Å². The average Bonchev–Trinajstić information content (AvgIpc) is 2.74. The number of hydrogen-bond acceptors (Lipinski definition) is 7. The molecule has 0 aromatic heterocycles. The number of carboxylic acids is 1. The zero-order valence-electron chi connectivity index (χ0n) is 18.2. The van der Waals surface area contributed by atoms with Gasteiger partial charge in [-0.15, -0.1) is 0 Å². The van der Waals surface area contributed by atoms with E-state index in [1.54, 1.807) is 0 Å². The van der Waals surface area contributed by atoms with Crippen molar-refractivity contribution in [1.29, 1.82) is 0 Å². The van der Waals surface area contributed by atoms with Gasteiger partial charge in [0.05, 0.1) is 12.6 Å². The third-order valence-electron chi connectivity index (χ3n) is 4.59. The molecule has 0 aliphatic heterocycles. The minimum absolute atomic E-state index is 0.00760. The first-order valence-corrected chi connectivity index (χ1v) is 10.9. The predicted octanol–water partition coefficient (Wildman–Crippen LogP) is -0.936. The van der Waals surface area contributed by atoms with Crippen LogP contribution in [0.3, 0.4) is 0 Å². The van der Waals surface area contributed by atoms with E-state index in [1.165, 1.54) is 0 Å². The van der Waals surface area contributed by atoms with E-state index < -0.39 is 54.5 Å². The van der Waals surface area contributed by atoms with Crippen LogP contribution in [-0.4, -0.2) is 70.4 Å². The number of aliphatic hydroxyl groups excluding tert-OH is 1. The Morgan fingerprint density at radius 2 is 1.47 bits per heavy atom. The SMILES string of the molecule is CC(C)CC(NC(=O)C(CO)NC(=O)C(N)Cc1ccccc1)C(=O)NC(CS)C(=O)O. The fourth-order valence-corrected chi connectivity index (χ4v) is 3.11. The Kier molecular flexibility index (Phi) is 11.7. The smallest absolute Gasteiger partial charge is 0.327 e. The van der Waals surface area contributed by atoms with Crippen molar-refractivity contribution < 1.29 is 29.4 Å². The molecule has 0 saturated carbocycles. The van der Waals surface area contributed by atoms with Crippen LogP contribution in [0.25, 0.3) is 0 Å². The number of benzene rings is 1. The number of rotatable bonds is 13. The lowest BCUT2D eigenvalue weighted by Gasteiger charge is -2.25. The minimum atomic E-state index is -1.33. The number of amides is 3. The zero-order valence-corrected chi connectivity index (χ0v) is 19.0. The Labute approximate surface area is 192 Å². The number of aliphatic carboxylic acids is 1. The summed E-state index contributed by atoms with van der Waals surface area (Å²) in [6.45, 7) is 2.95. The second-order valence-corrected chi connectivity index (χ2v) is 8.18. The summed E-state index contributed by atoms with van der Waals surface area (Å²) in [7, 11) is 0. The minimum Gasteiger partial charge on any atom is -0.480 e. The van der Waals surface area contributed by atoms with E-state index in [1.807, 2.05) is 44.2 Å². The van der Waals surface area contributed by atoms with Gasteiger partial charge in [-0.3, -0.25) is 14.4 Å². The Hall–Kier alpha value is -2.63. The van der Waals surface area contributed by atoms with Gasteiger partial charge in [0, 0.05) is 5.75 Å². The van der Waals surface area contributed by atoms with Crippen LogP contribution in [0.4, 0.5) is 0 Å². The number of thiol groups is 1. The second-order valence-electron chi connectivity index (χ2n) is 7.81. The van der Waals surface area contributed by atoms with Crippen molar-refractivity contribution in [2.75, 3.05) is 12.4 Å². The first kappa shape index (κ1) is 27.4. The lowest BCUT2D eigenvalue weighted by Crippen LogP contribution is -2.58. The van der Waals surface area contributed by atoms with Crippen LogP contribution in [0, 0.1) is 5.92 Å². The van der Waals surface area contributed by atoms with Gasteiger partial charge < -0.3 is 31.9 Å². The van der Waals surface area contributed by atoms with Crippen LogP contribution in [0.15, 0.2) is 30.3 Å². The molecule has 178 valence electrons. The predicted molar refractivity (Wildman–Crippen MR) is 122 cm³/mol. The number of nitrogens with one attached hydrogen (secondary N) is 3. The van der Waals surface area contributed by atoms with E-state index in [0.717, 1.165) is 5.56 Å². The maximum Gasteiger partial charge on any atom is 0.327 e. The Balaban J connectivity index is 2.79. The second kappa shape index (κ2) is 13.7. The molecule has 0 spiro atoms. The lowest BCUT2D eigenvalue weighted by atomic mass is 10.0. The summed E-state index contributed by atoms with van der Waals surface area (Å²) in [6, 6.07) is 4.53. The maximum absolute atomic E-state index is 12.6. The van der Waals surface area contributed by atoms with Gasteiger partial charge in [0.1, 0.15) is 18.1 Å². The molecule has 10 nitrogen and oxygen atoms in total. The van der Waals surface area contributed by atoms with Gasteiger partial charge >= 0.3 is 5.97 Å². The maximum atomic E-state index is 12.6. The largest absolute Gasteiger partial charge is 0.480 e. The van der Waals surface area contributed by atoms with Gasteiger partial charge in [-0.2, -0.15) is 12.6 Å². The van der Waals surface area contributed by atoms with Gasteiger partial charge in [-0.25, -0.2) is 4.79 Å². The van der Waals surface area contributed by atoms with E-state index in [-0.39, 0.29) is 24.5 Å². The number of nitrogens with two attached hydrogens (primary N) is 1. The van der Waals surface area contributed by atoms with E-state index >= 15 is 0 Å². The molecule has 0 aliphatic rings. The lowest BCUT2D eigenvalue weighted by molar-refractivity contribution is -0.141. The van der Waals surface area contributed by atoms with E-state index in [2.05, 4.69) is 28.6 Å². The molecule has 4 unspecified atom stereocenters. The summed E-state index contributed by atoms with van der Waals surface area (Å²) < 4.78 is 0. The van der Waals surface area contributed by atoms with Crippen LogP contribution >= 0.6 is 12.6 Å². The average molecular weight is 469 g/mol. The van der Waals surface area contributed by atoms with Crippen molar-refractivity contribution in [3.63, 3.8) is 0 Å². The molecule has 0 saturated heterocycles. The van der Waals surface area contributed by atoms with Crippen molar-refractivity contribution in [3.8, 4) is 0 Å². The number of aliphatic hydroxyl groups is 1. The number of carbonyl (C=O) groups excluding carboxylic acids is 3. The molecule has 32 heavy (non-hydrogen) atoms. The highest BCUT2D eigenvalue weighted by Crippen LogP contribution is 2.07. The van der Waals surface area contributed by atoms with Crippen LogP contribution < -0.4 is 21.7 Å². The van der Waals surface area contributed by atoms with Gasteiger partial charge in [-0.05, 0) is 24.3 Å². The molecule has 0 bridgehead atoms. The first-order valence-electron chi connectivity index (χ1n) is 10.2. The number of hydrogen-bond donors (Lipinski definition) is 7. The normalized spacial score (nSPS) is 14.7.